The molecule has 3 N–H and O–H groups in total. The van der Waals surface area contributed by atoms with Crippen molar-refractivity contribution in [3.63, 3.8) is 0 Å². The van der Waals surface area contributed by atoms with Gasteiger partial charge in [-0.25, -0.2) is 19.9 Å². The molecule has 0 fully saturated rings. The van der Waals surface area contributed by atoms with Crippen molar-refractivity contribution in [3.05, 3.63) is 34.9 Å². The van der Waals surface area contributed by atoms with E-state index in [9.17, 15) is 0 Å². The molecular formula is C12H14N6S. The van der Waals surface area contributed by atoms with Gasteiger partial charge in [-0.3, -0.25) is 5.41 Å². The van der Waals surface area contributed by atoms with Crippen LogP contribution in [0.4, 0.5) is 0 Å². The van der Waals surface area contributed by atoms with Crippen LogP contribution in [-0.4, -0.2) is 25.8 Å². The molecule has 0 aromatic carbocycles. The van der Waals surface area contributed by atoms with E-state index in [-0.39, 0.29) is 5.84 Å². The minimum absolute atomic E-state index is 0.0820. The van der Waals surface area contributed by atoms with Gasteiger partial charge in [-0.2, -0.15) is 0 Å². The Morgan fingerprint density at radius 2 is 1.74 bits per heavy atom. The van der Waals surface area contributed by atoms with Crippen molar-refractivity contribution < 1.29 is 0 Å². The van der Waals surface area contributed by atoms with Gasteiger partial charge in [-0.05, 0) is 44.2 Å². The van der Waals surface area contributed by atoms with Crippen molar-refractivity contribution in [2.24, 2.45) is 5.73 Å². The molecule has 0 aliphatic carbocycles. The molecule has 0 bridgehead atoms. The van der Waals surface area contributed by atoms with Gasteiger partial charge in [0.25, 0.3) is 0 Å². The molecule has 2 aromatic rings. The first-order valence-corrected chi connectivity index (χ1v) is 6.46. The Morgan fingerprint density at radius 3 is 2.32 bits per heavy atom. The number of rotatable bonds is 3. The van der Waals surface area contributed by atoms with Gasteiger partial charge >= 0.3 is 0 Å². The predicted octanol–water partition coefficient (Wildman–Crippen LogP) is 1.63. The van der Waals surface area contributed by atoms with E-state index >= 15 is 0 Å². The van der Waals surface area contributed by atoms with Crippen LogP contribution in [0.25, 0.3) is 0 Å². The van der Waals surface area contributed by atoms with E-state index in [1.54, 1.807) is 12.3 Å². The first kappa shape index (κ1) is 13.4. The minimum atomic E-state index is -0.0820. The molecule has 98 valence electrons. The fraction of sp³-hybridized carbons (Fsp3) is 0.250. The summed E-state index contributed by atoms with van der Waals surface area (Å²) in [7, 11) is 0. The van der Waals surface area contributed by atoms with Gasteiger partial charge in [-0.15, -0.1) is 0 Å². The number of aromatic nitrogens is 4. The Labute approximate surface area is 115 Å². The zero-order chi connectivity index (χ0) is 14.0. The summed E-state index contributed by atoms with van der Waals surface area (Å²) in [5.74, 6) is -0.0820. The maximum atomic E-state index is 7.36. The van der Waals surface area contributed by atoms with Crippen molar-refractivity contribution in [2.45, 2.75) is 31.1 Å². The molecule has 0 amide bonds. The van der Waals surface area contributed by atoms with Crippen LogP contribution in [0, 0.1) is 26.2 Å². The summed E-state index contributed by atoms with van der Waals surface area (Å²) < 4.78 is 0. The largest absolute Gasteiger partial charge is 0.382 e. The van der Waals surface area contributed by atoms with Gasteiger partial charge < -0.3 is 5.73 Å². The molecule has 2 aromatic heterocycles. The quantitative estimate of drug-likeness (QED) is 0.501. The second kappa shape index (κ2) is 5.31. The van der Waals surface area contributed by atoms with E-state index in [0.717, 1.165) is 17.0 Å². The number of hydrogen-bond donors (Lipinski definition) is 2. The third-order valence-electron chi connectivity index (χ3n) is 2.70. The van der Waals surface area contributed by atoms with Crippen molar-refractivity contribution >= 4 is 17.6 Å². The van der Waals surface area contributed by atoms with E-state index < -0.39 is 0 Å². The molecule has 0 unspecified atom stereocenters. The molecule has 0 saturated carbocycles. The van der Waals surface area contributed by atoms with E-state index in [1.807, 2.05) is 20.8 Å². The van der Waals surface area contributed by atoms with Crippen LogP contribution >= 0.6 is 11.8 Å². The van der Waals surface area contributed by atoms with E-state index in [0.29, 0.717) is 16.0 Å². The second-order valence-electron chi connectivity index (χ2n) is 4.04. The van der Waals surface area contributed by atoms with Crippen molar-refractivity contribution in [1.29, 1.82) is 5.41 Å². The van der Waals surface area contributed by atoms with Crippen LogP contribution in [0.15, 0.2) is 22.6 Å². The molecule has 0 aliphatic rings. The maximum absolute atomic E-state index is 7.36. The first-order chi connectivity index (χ1) is 8.97. The molecule has 6 nitrogen and oxygen atoms in total. The van der Waals surface area contributed by atoms with E-state index in [1.165, 1.54) is 11.8 Å². The van der Waals surface area contributed by atoms with Crippen molar-refractivity contribution in [1.82, 2.24) is 19.9 Å². The zero-order valence-electron chi connectivity index (χ0n) is 10.9. The lowest BCUT2D eigenvalue weighted by atomic mass is 10.2. The SMILES string of the molecule is Cc1nc(Sc2nccc(C(=N)N)n2)nc(C)c1C. The topological polar surface area (TPSA) is 101 Å². The maximum Gasteiger partial charge on any atom is 0.196 e. The number of nitrogen functional groups attached to an aromatic ring is 1. The highest BCUT2D eigenvalue weighted by atomic mass is 32.2. The average Bonchev–Trinajstić information content (AvgIpc) is 2.36. The van der Waals surface area contributed by atoms with Gasteiger partial charge in [0.1, 0.15) is 11.5 Å². The smallest absolute Gasteiger partial charge is 0.196 e. The van der Waals surface area contributed by atoms with Gasteiger partial charge in [0, 0.05) is 17.6 Å². The molecule has 0 aliphatic heterocycles. The lowest BCUT2D eigenvalue weighted by molar-refractivity contribution is 0.868. The molecular weight excluding hydrogens is 260 g/mol. The number of amidine groups is 1. The standard InChI is InChI=1S/C12H14N6S/c1-6-7(2)16-12(17-8(6)3)19-11-15-5-4-9(18-11)10(13)14/h4-5H,1-3H3,(H3,13,14). The highest BCUT2D eigenvalue weighted by Crippen LogP contribution is 2.22. The lowest BCUT2D eigenvalue weighted by Gasteiger charge is -2.06. The molecule has 7 heteroatoms. The van der Waals surface area contributed by atoms with Crippen LogP contribution < -0.4 is 5.73 Å². The number of nitrogens with one attached hydrogen (secondary N) is 1. The molecule has 0 radical (unpaired) electrons. The molecule has 0 atom stereocenters. The van der Waals surface area contributed by atoms with Crippen LogP contribution in [0.5, 0.6) is 0 Å². The Kier molecular flexibility index (Phi) is 3.75. The summed E-state index contributed by atoms with van der Waals surface area (Å²) in [5.41, 5.74) is 8.77. The summed E-state index contributed by atoms with van der Waals surface area (Å²) in [6, 6.07) is 1.60. The molecule has 0 spiro atoms. The monoisotopic (exact) mass is 274 g/mol. The third kappa shape index (κ3) is 3.05. The highest BCUT2D eigenvalue weighted by Gasteiger charge is 2.09. The average molecular weight is 274 g/mol. The number of nitrogens with zero attached hydrogens (tertiary/aromatic N) is 4. The number of aryl methyl sites for hydroxylation is 2. The minimum Gasteiger partial charge on any atom is -0.382 e. The van der Waals surface area contributed by atoms with Crippen LogP contribution in [0.3, 0.4) is 0 Å². The van der Waals surface area contributed by atoms with Crippen LogP contribution in [0.2, 0.25) is 0 Å². The Bertz CT molecular complexity index is 617. The molecule has 2 heterocycles. The Balaban J connectivity index is 2.31. The van der Waals surface area contributed by atoms with Gasteiger partial charge in [0.05, 0.1) is 0 Å². The predicted molar refractivity (Wildman–Crippen MR) is 73.4 cm³/mol. The van der Waals surface area contributed by atoms with Crippen LogP contribution in [0.1, 0.15) is 22.6 Å². The normalized spacial score (nSPS) is 10.5. The fourth-order valence-electron chi connectivity index (χ4n) is 1.41. The summed E-state index contributed by atoms with van der Waals surface area (Å²) in [5, 5.41) is 8.44. The van der Waals surface area contributed by atoms with E-state index in [2.05, 4.69) is 19.9 Å². The fourth-order valence-corrected chi connectivity index (χ4v) is 2.19. The molecule has 0 saturated heterocycles. The van der Waals surface area contributed by atoms with E-state index in [4.69, 9.17) is 11.1 Å². The summed E-state index contributed by atoms with van der Waals surface area (Å²) in [4.78, 5) is 17.1. The van der Waals surface area contributed by atoms with Crippen molar-refractivity contribution in [3.8, 4) is 0 Å². The third-order valence-corrected chi connectivity index (χ3v) is 3.45. The number of nitrogens with two attached hydrogens (primary N) is 1. The lowest BCUT2D eigenvalue weighted by Crippen LogP contribution is -2.13. The molecule has 19 heavy (non-hydrogen) atoms. The van der Waals surface area contributed by atoms with Gasteiger partial charge in [0.15, 0.2) is 10.3 Å². The molecule has 2 rings (SSSR count). The summed E-state index contributed by atoms with van der Waals surface area (Å²) >= 11 is 1.26. The second-order valence-corrected chi connectivity index (χ2v) is 4.98. The van der Waals surface area contributed by atoms with Gasteiger partial charge in [0.2, 0.25) is 0 Å². The number of hydrogen-bond acceptors (Lipinski definition) is 6. The Hall–Kier alpha value is -2.02. The Morgan fingerprint density at radius 1 is 1.11 bits per heavy atom. The highest BCUT2D eigenvalue weighted by molar-refractivity contribution is 7.99. The van der Waals surface area contributed by atoms with Gasteiger partial charge in [-0.1, -0.05) is 0 Å². The first-order valence-electron chi connectivity index (χ1n) is 5.64. The zero-order valence-corrected chi connectivity index (χ0v) is 11.7. The summed E-state index contributed by atoms with van der Waals surface area (Å²) in [6.07, 6.45) is 1.57. The van der Waals surface area contributed by atoms with Crippen molar-refractivity contribution in [2.75, 3.05) is 0 Å². The van der Waals surface area contributed by atoms with Crippen LogP contribution in [-0.2, 0) is 0 Å². The summed E-state index contributed by atoms with van der Waals surface area (Å²) in [6.45, 7) is 5.88.